The normalized spacial score (nSPS) is 16.7. The zero-order valence-corrected chi connectivity index (χ0v) is 16.2. The summed E-state index contributed by atoms with van der Waals surface area (Å²) in [4.78, 5) is 31.6. The summed E-state index contributed by atoms with van der Waals surface area (Å²) in [6.07, 6.45) is 1.49. The molecule has 148 valence electrons. The standard InChI is InChI=1S/C22H22N4O3/c1-15-23-20(25-29-15)17-9-5-10-18(13-17)21(27)24-19-11-6-12-26(22(19)28)14-16-7-3-2-4-8-16/h2-5,7-10,13,19H,6,11-12,14H2,1H3,(H,24,27). The number of carbonyl (C=O) groups excluding carboxylic acids is 2. The molecule has 0 spiro atoms. The molecule has 1 atom stereocenters. The first-order chi connectivity index (χ1) is 14.1. The van der Waals surface area contributed by atoms with Gasteiger partial charge in [0.05, 0.1) is 0 Å². The minimum Gasteiger partial charge on any atom is -0.340 e. The molecule has 1 aliphatic heterocycles. The van der Waals surface area contributed by atoms with E-state index in [0.29, 0.717) is 42.4 Å². The van der Waals surface area contributed by atoms with E-state index in [1.807, 2.05) is 41.3 Å². The molecule has 1 saturated heterocycles. The maximum atomic E-state index is 12.9. The number of aryl methyl sites for hydroxylation is 1. The summed E-state index contributed by atoms with van der Waals surface area (Å²) >= 11 is 0. The maximum Gasteiger partial charge on any atom is 0.251 e. The highest BCUT2D eigenvalue weighted by Gasteiger charge is 2.30. The average Bonchev–Trinajstić information content (AvgIpc) is 3.18. The third kappa shape index (κ3) is 4.34. The van der Waals surface area contributed by atoms with Gasteiger partial charge in [-0.1, -0.05) is 47.6 Å². The molecule has 1 unspecified atom stereocenters. The van der Waals surface area contributed by atoms with E-state index < -0.39 is 6.04 Å². The maximum absolute atomic E-state index is 12.9. The van der Waals surface area contributed by atoms with E-state index in [1.54, 1.807) is 25.1 Å². The number of amides is 2. The zero-order chi connectivity index (χ0) is 20.2. The third-order valence-corrected chi connectivity index (χ3v) is 4.96. The molecule has 29 heavy (non-hydrogen) atoms. The Bertz CT molecular complexity index is 1020. The highest BCUT2D eigenvalue weighted by molar-refractivity contribution is 5.98. The van der Waals surface area contributed by atoms with Gasteiger partial charge < -0.3 is 14.7 Å². The summed E-state index contributed by atoms with van der Waals surface area (Å²) in [5.74, 6) is 0.562. The van der Waals surface area contributed by atoms with Crippen LogP contribution in [0.1, 0.15) is 34.7 Å². The largest absolute Gasteiger partial charge is 0.340 e. The fraction of sp³-hybridized carbons (Fsp3) is 0.273. The summed E-state index contributed by atoms with van der Waals surface area (Å²) in [7, 11) is 0. The van der Waals surface area contributed by atoms with E-state index in [4.69, 9.17) is 4.52 Å². The van der Waals surface area contributed by atoms with E-state index in [0.717, 1.165) is 12.0 Å². The Morgan fingerprint density at radius 2 is 2.03 bits per heavy atom. The molecule has 2 heterocycles. The van der Waals surface area contributed by atoms with E-state index in [9.17, 15) is 9.59 Å². The van der Waals surface area contributed by atoms with Crippen molar-refractivity contribution in [3.63, 3.8) is 0 Å². The molecular formula is C22H22N4O3. The molecule has 1 aliphatic rings. The summed E-state index contributed by atoms with van der Waals surface area (Å²) < 4.78 is 5.00. The molecule has 7 nitrogen and oxygen atoms in total. The molecule has 0 aliphatic carbocycles. The lowest BCUT2D eigenvalue weighted by atomic mass is 10.0. The van der Waals surface area contributed by atoms with E-state index in [-0.39, 0.29) is 11.8 Å². The Morgan fingerprint density at radius 3 is 2.79 bits per heavy atom. The molecule has 0 radical (unpaired) electrons. The predicted octanol–water partition coefficient (Wildman–Crippen LogP) is 2.97. The molecule has 1 N–H and O–H groups in total. The van der Waals surface area contributed by atoms with Gasteiger partial charge in [0.2, 0.25) is 17.6 Å². The van der Waals surface area contributed by atoms with Crippen molar-refractivity contribution in [2.45, 2.75) is 32.4 Å². The van der Waals surface area contributed by atoms with Gasteiger partial charge in [-0.05, 0) is 30.5 Å². The van der Waals surface area contributed by atoms with Gasteiger partial charge in [-0.15, -0.1) is 0 Å². The van der Waals surface area contributed by atoms with Crippen LogP contribution in [0.3, 0.4) is 0 Å². The number of hydrogen-bond donors (Lipinski definition) is 1. The Balaban J connectivity index is 1.44. The second-order valence-corrected chi connectivity index (χ2v) is 7.13. The monoisotopic (exact) mass is 390 g/mol. The number of piperidine rings is 1. The van der Waals surface area contributed by atoms with Crippen LogP contribution in [-0.4, -0.2) is 39.4 Å². The van der Waals surface area contributed by atoms with Crippen LogP contribution < -0.4 is 5.32 Å². The van der Waals surface area contributed by atoms with Crippen LogP contribution >= 0.6 is 0 Å². The first-order valence-electron chi connectivity index (χ1n) is 9.64. The van der Waals surface area contributed by atoms with Crippen LogP contribution in [0.2, 0.25) is 0 Å². The second kappa shape index (κ2) is 8.26. The number of carbonyl (C=O) groups is 2. The van der Waals surface area contributed by atoms with Gasteiger partial charge in [0.15, 0.2) is 0 Å². The van der Waals surface area contributed by atoms with Crippen LogP contribution in [0.15, 0.2) is 59.1 Å². The number of benzene rings is 2. The van der Waals surface area contributed by atoms with Crippen molar-refractivity contribution in [3.05, 3.63) is 71.6 Å². The number of nitrogens with one attached hydrogen (secondary N) is 1. The molecule has 2 aromatic carbocycles. The van der Waals surface area contributed by atoms with Gasteiger partial charge >= 0.3 is 0 Å². The zero-order valence-electron chi connectivity index (χ0n) is 16.2. The van der Waals surface area contributed by atoms with E-state index in [1.165, 1.54) is 0 Å². The summed E-state index contributed by atoms with van der Waals surface area (Å²) in [5, 5.41) is 6.78. The van der Waals surface area contributed by atoms with Crippen molar-refractivity contribution in [3.8, 4) is 11.4 Å². The molecule has 1 aromatic heterocycles. The molecular weight excluding hydrogens is 368 g/mol. The van der Waals surface area contributed by atoms with Gasteiger partial charge in [-0.25, -0.2) is 0 Å². The minimum atomic E-state index is -0.518. The Labute approximate surface area is 168 Å². The Hall–Kier alpha value is -3.48. The first-order valence-corrected chi connectivity index (χ1v) is 9.64. The van der Waals surface area contributed by atoms with Gasteiger partial charge in [-0.3, -0.25) is 9.59 Å². The van der Waals surface area contributed by atoms with Gasteiger partial charge in [0.1, 0.15) is 6.04 Å². The van der Waals surface area contributed by atoms with E-state index >= 15 is 0 Å². The SMILES string of the molecule is Cc1nc(-c2cccc(C(=O)NC3CCCN(Cc4ccccc4)C3=O)c2)no1. The minimum absolute atomic E-state index is 0.0431. The Kier molecular flexibility index (Phi) is 5.37. The van der Waals surface area contributed by atoms with E-state index in [2.05, 4.69) is 15.5 Å². The average molecular weight is 390 g/mol. The van der Waals surface area contributed by atoms with Crippen molar-refractivity contribution in [2.75, 3.05) is 6.54 Å². The van der Waals surface area contributed by atoms with Crippen LogP contribution in [0.4, 0.5) is 0 Å². The number of likely N-dealkylation sites (tertiary alicyclic amines) is 1. The predicted molar refractivity (Wildman–Crippen MR) is 107 cm³/mol. The second-order valence-electron chi connectivity index (χ2n) is 7.13. The summed E-state index contributed by atoms with van der Waals surface area (Å²) in [5.41, 5.74) is 2.23. The number of hydrogen-bond acceptors (Lipinski definition) is 5. The highest BCUT2D eigenvalue weighted by Crippen LogP contribution is 2.19. The lowest BCUT2D eigenvalue weighted by Crippen LogP contribution is -2.51. The highest BCUT2D eigenvalue weighted by atomic mass is 16.5. The first kappa shape index (κ1) is 18.9. The third-order valence-electron chi connectivity index (χ3n) is 4.96. The quantitative estimate of drug-likeness (QED) is 0.724. The molecule has 4 rings (SSSR count). The van der Waals surface area contributed by atoms with Crippen molar-refractivity contribution in [1.82, 2.24) is 20.4 Å². The fourth-order valence-corrected chi connectivity index (χ4v) is 3.49. The lowest BCUT2D eigenvalue weighted by molar-refractivity contribution is -0.136. The van der Waals surface area contributed by atoms with Crippen LogP contribution in [0.5, 0.6) is 0 Å². The summed E-state index contributed by atoms with van der Waals surface area (Å²) in [6, 6.07) is 16.3. The Morgan fingerprint density at radius 1 is 1.21 bits per heavy atom. The molecule has 1 fully saturated rings. The fourth-order valence-electron chi connectivity index (χ4n) is 3.49. The van der Waals surface area contributed by atoms with Gasteiger partial charge in [-0.2, -0.15) is 4.98 Å². The number of rotatable bonds is 5. The molecule has 0 bridgehead atoms. The number of nitrogens with zero attached hydrogens (tertiary/aromatic N) is 3. The smallest absolute Gasteiger partial charge is 0.251 e. The summed E-state index contributed by atoms with van der Waals surface area (Å²) in [6.45, 7) is 2.97. The molecule has 0 saturated carbocycles. The van der Waals surface area contributed by atoms with Crippen LogP contribution in [0.25, 0.3) is 11.4 Å². The van der Waals surface area contributed by atoms with Crippen molar-refractivity contribution in [1.29, 1.82) is 0 Å². The van der Waals surface area contributed by atoms with Crippen molar-refractivity contribution < 1.29 is 14.1 Å². The van der Waals surface area contributed by atoms with Crippen molar-refractivity contribution >= 4 is 11.8 Å². The van der Waals surface area contributed by atoms with Gasteiger partial charge in [0, 0.05) is 31.1 Å². The van der Waals surface area contributed by atoms with Crippen LogP contribution in [0, 0.1) is 6.92 Å². The molecule has 2 amide bonds. The van der Waals surface area contributed by atoms with Crippen molar-refractivity contribution in [2.24, 2.45) is 0 Å². The molecule has 7 heteroatoms. The molecule has 3 aromatic rings. The lowest BCUT2D eigenvalue weighted by Gasteiger charge is -2.32. The van der Waals surface area contributed by atoms with Gasteiger partial charge in [0.25, 0.3) is 5.91 Å². The topological polar surface area (TPSA) is 88.3 Å². The van der Waals surface area contributed by atoms with Crippen LogP contribution in [-0.2, 0) is 11.3 Å². The number of aromatic nitrogens is 2.